The number of carbonyl (C=O) groups is 3. The summed E-state index contributed by atoms with van der Waals surface area (Å²) in [4.78, 5) is 36.0. The smallest absolute Gasteiger partial charge is 0.407 e. The number of carboxylic acids is 1. The molecule has 3 aliphatic rings. The molecular formula is C27H30N2O5. The van der Waals surface area contributed by atoms with Crippen LogP contribution in [0, 0.1) is 11.3 Å². The predicted octanol–water partition coefficient (Wildman–Crippen LogP) is 4.06. The lowest BCUT2D eigenvalue weighted by Crippen LogP contribution is -2.49. The first-order valence-corrected chi connectivity index (χ1v) is 12.1. The van der Waals surface area contributed by atoms with Crippen LogP contribution in [0.5, 0.6) is 0 Å². The molecule has 0 unspecified atom stereocenters. The van der Waals surface area contributed by atoms with Gasteiger partial charge in [0.25, 0.3) is 0 Å². The lowest BCUT2D eigenvalue weighted by atomic mass is 9.68. The molecule has 3 aliphatic carbocycles. The molecule has 3 N–H and O–H groups in total. The molecule has 0 radical (unpaired) electrons. The van der Waals surface area contributed by atoms with Crippen LogP contribution in [-0.4, -0.2) is 42.3 Å². The highest BCUT2D eigenvalue weighted by atomic mass is 16.5. The van der Waals surface area contributed by atoms with Crippen molar-refractivity contribution in [3.63, 3.8) is 0 Å². The molecule has 5 rings (SSSR count). The van der Waals surface area contributed by atoms with E-state index in [-0.39, 0.29) is 36.9 Å². The zero-order chi connectivity index (χ0) is 23.7. The summed E-state index contributed by atoms with van der Waals surface area (Å²) < 4.78 is 5.59. The van der Waals surface area contributed by atoms with E-state index in [9.17, 15) is 19.5 Å². The van der Waals surface area contributed by atoms with E-state index in [1.807, 2.05) is 24.3 Å². The largest absolute Gasteiger partial charge is 0.481 e. The van der Waals surface area contributed by atoms with Crippen LogP contribution in [-0.2, 0) is 14.3 Å². The molecule has 2 aromatic carbocycles. The maximum absolute atomic E-state index is 12.4. The predicted molar refractivity (Wildman–Crippen MR) is 126 cm³/mol. The molecule has 0 saturated heterocycles. The molecule has 178 valence electrons. The van der Waals surface area contributed by atoms with E-state index < -0.39 is 17.5 Å². The Balaban J connectivity index is 1.05. The van der Waals surface area contributed by atoms with Gasteiger partial charge in [0.2, 0.25) is 5.91 Å². The van der Waals surface area contributed by atoms with Gasteiger partial charge in [0.15, 0.2) is 0 Å². The van der Waals surface area contributed by atoms with E-state index in [1.54, 1.807) is 0 Å². The molecule has 0 aromatic heterocycles. The molecule has 0 atom stereocenters. The number of nitrogens with one attached hydrogen (secondary N) is 2. The van der Waals surface area contributed by atoms with Crippen molar-refractivity contribution in [3.8, 4) is 11.1 Å². The monoisotopic (exact) mass is 462 g/mol. The molecule has 2 fully saturated rings. The molecule has 7 heteroatoms. The third-order valence-electron chi connectivity index (χ3n) is 7.76. The summed E-state index contributed by atoms with van der Waals surface area (Å²) in [6.07, 6.45) is 3.52. The van der Waals surface area contributed by atoms with E-state index in [4.69, 9.17) is 4.74 Å². The number of alkyl carbamates (subject to hydrolysis) is 1. The van der Waals surface area contributed by atoms with E-state index in [0.29, 0.717) is 19.3 Å². The van der Waals surface area contributed by atoms with Gasteiger partial charge in [-0.05, 0) is 53.9 Å². The molecule has 7 nitrogen and oxygen atoms in total. The molecule has 2 amide bonds. The summed E-state index contributed by atoms with van der Waals surface area (Å²) in [7, 11) is 0. The summed E-state index contributed by atoms with van der Waals surface area (Å²) in [5.74, 6) is -0.714. The van der Waals surface area contributed by atoms with Gasteiger partial charge in [-0.25, -0.2) is 4.79 Å². The Morgan fingerprint density at radius 3 is 2.15 bits per heavy atom. The first kappa shape index (κ1) is 22.4. The third-order valence-corrected chi connectivity index (χ3v) is 7.76. The lowest BCUT2D eigenvalue weighted by molar-refractivity contribution is -0.154. The molecule has 0 bridgehead atoms. The van der Waals surface area contributed by atoms with Crippen molar-refractivity contribution in [3.05, 3.63) is 59.7 Å². The van der Waals surface area contributed by atoms with Crippen molar-refractivity contribution in [1.29, 1.82) is 0 Å². The van der Waals surface area contributed by atoms with Gasteiger partial charge in [-0.1, -0.05) is 55.0 Å². The fraction of sp³-hybridized carbons (Fsp3) is 0.444. The van der Waals surface area contributed by atoms with Crippen molar-refractivity contribution in [2.45, 2.75) is 50.5 Å². The molecular weight excluding hydrogens is 432 g/mol. The molecule has 0 spiro atoms. The number of carbonyl (C=O) groups excluding carboxylic acids is 2. The molecule has 0 heterocycles. The van der Waals surface area contributed by atoms with Gasteiger partial charge in [0.05, 0.1) is 5.41 Å². The Labute approximate surface area is 198 Å². The van der Waals surface area contributed by atoms with E-state index >= 15 is 0 Å². The highest BCUT2D eigenvalue weighted by Gasteiger charge is 2.44. The number of benzene rings is 2. The number of aliphatic carboxylic acids is 1. The van der Waals surface area contributed by atoms with Crippen LogP contribution in [0.25, 0.3) is 11.1 Å². The van der Waals surface area contributed by atoms with Crippen LogP contribution in [0.3, 0.4) is 0 Å². The first-order valence-electron chi connectivity index (χ1n) is 12.1. The fourth-order valence-electron chi connectivity index (χ4n) is 5.50. The minimum atomic E-state index is -0.824. The standard InChI is InChI=1S/C27H30N2O5/c30-24(28-16-27(25(31)32)10-5-11-27)14-17-12-18(13-17)29-26(33)34-15-23-21-8-3-1-6-19(21)20-7-2-4-9-22(20)23/h1-4,6-9,17-18,23H,5,10-16H2,(H,28,30)(H,29,33)(H,31,32). The first-order chi connectivity index (χ1) is 16.4. The van der Waals surface area contributed by atoms with Crippen LogP contribution in [0.1, 0.15) is 55.6 Å². The lowest BCUT2D eigenvalue weighted by Gasteiger charge is -2.38. The molecule has 2 saturated carbocycles. The second-order valence-electron chi connectivity index (χ2n) is 9.92. The van der Waals surface area contributed by atoms with Crippen molar-refractivity contribution in [2.75, 3.05) is 13.2 Å². The average Bonchev–Trinajstić information content (AvgIpc) is 3.09. The third kappa shape index (κ3) is 4.27. The summed E-state index contributed by atoms with van der Waals surface area (Å²) in [6, 6.07) is 16.5. The second-order valence-corrected chi connectivity index (χ2v) is 9.92. The Morgan fingerprint density at radius 1 is 0.971 bits per heavy atom. The minimum absolute atomic E-state index is 0.00504. The van der Waals surface area contributed by atoms with Gasteiger partial charge in [-0.2, -0.15) is 0 Å². The number of rotatable bonds is 8. The second kappa shape index (κ2) is 9.12. The number of fused-ring (bicyclic) bond motifs is 3. The van der Waals surface area contributed by atoms with Gasteiger partial charge in [0, 0.05) is 24.9 Å². The quantitative estimate of drug-likeness (QED) is 0.549. The zero-order valence-electron chi connectivity index (χ0n) is 19.1. The SMILES string of the molecule is O=C(CC1CC(NC(=O)OCC2c3ccccc3-c3ccccc32)C1)NCC1(C(=O)O)CCC1. The highest BCUT2D eigenvalue weighted by Crippen LogP contribution is 2.44. The maximum atomic E-state index is 12.4. The summed E-state index contributed by atoms with van der Waals surface area (Å²) in [5, 5.41) is 15.1. The average molecular weight is 463 g/mol. The Kier molecular flexibility index (Phi) is 6.02. The summed E-state index contributed by atoms with van der Waals surface area (Å²) >= 11 is 0. The van der Waals surface area contributed by atoms with Crippen molar-refractivity contribution >= 4 is 18.0 Å². The topological polar surface area (TPSA) is 105 Å². The number of ether oxygens (including phenoxy) is 1. The number of hydrogen-bond acceptors (Lipinski definition) is 4. The van der Waals surface area contributed by atoms with Gasteiger partial charge in [-0.15, -0.1) is 0 Å². The fourth-order valence-corrected chi connectivity index (χ4v) is 5.50. The Morgan fingerprint density at radius 2 is 1.59 bits per heavy atom. The molecule has 0 aliphatic heterocycles. The van der Waals surface area contributed by atoms with Gasteiger partial charge in [0.1, 0.15) is 6.61 Å². The van der Waals surface area contributed by atoms with Crippen LogP contribution in [0.4, 0.5) is 4.79 Å². The van der Waals surface area contributed by atoms with Gasteiger partial charge >= 0.3 is 12.1 Å². The van der Waals surface area contributed by atoms with E-state index in [1.165, 1.54) is 22.3 Å². The van der Waals surface area contributed by atoms with Crippen LogP contribution < -0.4 is 10.6 Å². The number of hydrogen-bond donors (Lipinski definition) is 3. The minimum Gasteiger partial charge on any atom is -0.481 e. The van der Waals surface area contributed by atoms with Crippen LogP contribution >= 0.6 is 0 Å². The van der Waals surface area contributed by atoms with Gasteiger partial charge < -0.3 is 20.5 Å². The molecule has 34 heavy (non-hydrogen) atoms. The van der Waals surface area contributed by atoms with Crippen LogP contribution in [0.15, 0.2) is 48.5 Å². The van der Waals surface area contributed by atoms with Gasteiger partial charge in [-0.3, -0.25) is 9.59 Å². The Bertz CT molecular complexity index is 1060. The van der Waals surface area contributed by atoms with Crippen LogP contribution in [0.2, 0.25) is 0 Å². The van der Waals surface area contributed by atoms with Crippen molar-refractivity contribution in [2.24, 2.45) is 11.3 Å². The van der Waals surface area contributed by atoms with E-state index in [2.05, 4.69) is 34.9 Å². The normalized spacial score (nSPS) is 21.9. The Hall–Kier alpha value is -3.35. The maximum Gasteiger partial charge on any atom is 0.407 e. The number of carboxylic acid groups (broad SMARTS) is 1. The highest BCUT2D eigenvalue weighted by molar-refractivity contribution is 5.80. The zero-order valence-corrected chi connectivity index (χ0v) is 19.1. The van der Waals surface area contributed by atoms with Crippen molar-refractivity contribution in [1.82, 2.24) is 10.6 Å². The summed E-state index contributed by atoms with van der Waals surface area (Å²) in [6.45, 7) is 0.485. The van der Waals surface area contributed by atoms with Crippen molar-refractivity contribution < 1.29 is 24.2 Å². The number of amides is 2. The molecule has 2 aromatic rings. The van der Waals surface area contributed by atoms with E-state index in [0.717, 1.165) is 19.3 Å². The summed E-state index contributed by atoms with van der Waals surface area (Å²) in [5.41, 5.74) is 3.97.